The fourth-order valence-electron chi connectivity index (χ4n) is 2.91. The first kappa shape index (κ1) is 17.5. The maximum Gasteiger partial charge on any atom is 0.309 e. The van der Waals surface area contributed by atoms with Crippen molar-refractivity contribution < 1.29 is 14.3 Å². The van der Waals surface area contributed by atoms with E-state index in [9.17, 15) is 9.59 Å². The number of ether oxygens (including phenoxy) is 1. The predicted molar refractivity (Wildman–Crippen MR) is 89.1 cm³/mol. The quantitative estimate of drug-likeness (QED) is 0.620. The second-order valence-corrected chi connectivity index (χ2v) is 6.05. The first-order valence-corrected chi connectivity index (χ1v) is 8.37. The van der Waals surface area contributed by atoms with E-state index in [1.165, 1.54) is 5.56 Å². The fourth-order valence-corrected chi connectivity index (χ4v) is 2.91. The summed E-state index contributed by atoms with van der Waals surface area (Å²) < 4.78 is 5.47. The predicted octanol–water partition coefficient (Wildman–Crippen LogP) is 1.77. The number of benzene rings is 1. The highest BCUT2D eigenvalue weighted by atomic mass is 16.5. The Morgan fingerprint density at radius 1 is 1.09 bits per heavy atom. The second kappa shape index (κ2) is 8.67. The van der Waals surface area contributed by atoms with Crippen molar-refractivity contribution in [3.05, 3.63) is 35.9 Å². The van der Waals surface area contributed by atoms with E-state index in [1.807, 2.05) is 25.1 Å². The molecule has 0 radical (unpaired) electrons. The van der Waals surface area contributed by atoms with Gasteiger partial charge in [0, 0.05) is 31.7 Å². The van der Waals surface area contributed by atoms with Crippen molar-refractivity contribution in [3.63, 3.8) is 0 Å². The van der Waals surface area contributed by atoms with E-state index in [0.29, 0.717) is 26.3 Å². The molecule has 1 saturated heterocycles. The summed E-state index contributed by atoms with van der Waals surface area (Å²) in [5.74, 6) is -1.10. The summed E-state index contributed by atoms with van der Waals surface area (Å²) in [7, 11) is 0. The zero-order valence-electron chi connectivity index (χ0n) is 13.8. The summed E-state index contributed by atoms with van der Waals surface area (Å²) in [6.45, 7) is 4.39. The zero-order valence-corrected chi connectivity index (χ0v) is 13.8. The summed E-state index contributed by atoms with van der Waals surface area (Å²) in [4.78, 5) is 23.8. The minimum Gasteiger partial charge on any atom is -0.381 e. The minimum absolute atomic E-state index is 0.154. The van der Waals surface area contributed by atoms with E-state index in [2.05, 4.69) is 22.8 Å². The number of hydrogen-bond donors (Lipinski definition) is 2. The number of hydrogen-bond acceptors (Lipinski definition) is 3. The largest absolute Gasteiger partial charge is 0.381 e. The molecule has 126 valence electrons. The van der Waals surface area contributed by atoms with Crippen LogP contribution in [-0.2, 0) is 19.7 Å². The molecule has 0 aliphatic carbocycles. The Morgan fingerprint density at radius 3 is 2.39 bits per heavy atom. The van der Waals surface area contributed by atoms with Gasteiger partial charge in [0.15, 0.2) is 0 Å². The first-order valence-electron chi connectivity index (χ1n) is 8.37. The van der Waals surface area contributed by atoms with Crippen LogP contribution in [0.1, 0.15) is 38.2 Å². The summed E-state index contributed by atoms with van der Waals surface area (Å²) in [6.07, 6.45) is 3.55. The lowest BCUT2D eigenvalue weighted by atomic mass is 9.74. The number of unbranched alkanes of at least 4 members (excludes halogenated alkanes) is 1. The van der Waals surface area contributed by atoms with Crippen molar-refractivity contribution in [1.29, 1.82) is 0 Å². The maximum absolute atomic E-state index is 12.0. The van der Waals surface area contributed by atoms with E-state index in [1.54, 1.807) is 0 Å². The van der Waals surface area contributed by atoms with Crippen LogP contribution in [0, 0.1) is 0 Å². The Bertz CT molecular complexity index is 510. The lowest BCUT2D eigenvalue weighted by molar-refractivity contribution is -0.139. The summed E-state index contributed by atoms with van der Waals surface area (Å²) in [5.41, 5.74) is 1.04. The van der Waals surface area contributed by atoms with E-state index in [0.717, 1.165) is 25.7 Å². The minimum atomic E-state index is -0.553. The molecule has 1 aromatic rings. The summed E-state index contributed by atoms with van der Waals surface area (Å²) in [5, 5.41) is 5.46. The van der Waals surface area contributed by atoms with E-state index >= 15 is 0 Å². The van der Waals surface area contributed by atoms with Gasteiger partial charge in [-0.05, 0) is 24.8 Å². The summed E-state index contributed by atoms with van der Waals surface area (Å²) in [6, 6.07) is 10.2. The van der Waals surface area contributed by atoms with Crippen LogP contribution < -0.4 is 10.6 Å². The van der Waals surface area contributed by atoms with Crippen LogP contribution >= 0.6 is 0 Å². The number of rotatable bonds is 6. The van der Waals surface area contributed by atoms with Gasteiger partial charge >= 0.3 is 11.8 Å². The van der Waals surface area contributed by atoms with Crippen LogP contribution in [0.4, 0.5) is 0 Å². The molecule has 1 heterocycles. The standard InChI is InChI=1S/C18H26N2O3/c1-2-3-11-19-16(21)17(22)20-14-18(9-12-23-13-10-18)15-7-5-4-6-8-15/h4-8H,2-3,9-14H2,1H3,(H,19,21)(H,20,22). The van der Waals surface area contributed by atoms with Crippen molar-refractivity contribution in [2.24, 2.45) is 0 Å². The number of amides is 2. The average molecular weight is 318 g/mol. The van der Waals surface area contributed by atoms with E-state index < -0.39 is 11.8 Å². The highest BCUT2D eigenvalue weighted by molar-refractivity contribution is 6.35. The molecule has 5 heteroatoms. The summed E-state index contributed by atoms with van der Waals surface area (Å²) >= 11 is 0. The van der Waals surface area contributed by atoms with Gasteiger partial charge in [-0.15, -0.1) is 0 Å². The average Bonchev–Trinajstić information content (AvgIpc) is 2.61. The van der Waals surface area contributed by atoms with Crippen LogP contribution in [0.5, 0.6) is 0 Å². The molecular weight excluding hydrogens is 292 g/mol. The van der Waals surface area contributed by atoms with Crippen LogP contribution in [-0.4, -0.2) is 38.1 Å². The second-order valence-electron chi connectivity index (χ2n) is 6.05. The smallest absolute Gasteiger partial charge is 0.309 e. The molecule has 0 unspecified atom stereocenters. The van der Waals surface area contributed by atoms with Crippen LogP contribution in [0.3, 0.4) is 0 Å². The molecule has 2 N–H and O–H groups in total. The van der Waals surface area contributed by atoms with Gasteiger partial charge in [0.05, 0.1) is 0 Å². The third kappa shape index (κ3) is 4.79. The molecule has 1 aromatic carbocycles. The molecule has 2 amide bonds. The Hall–Kier alpha value is -1.88. The van der Waals surface area contributed by atoms with Crippen molar-refractivity contribution >= 4 is 11.8 Å². The zero-order chi connectivity index (χ0) is 16.5. The van der Waals surface area contributed by atoms with Gasteiger partial charge in [-0.25, -0.2) is 0 Å². The normalized spacial score (nSPS) is 16.6. The SMILES string of the molecule is CCCCNC(=O)C(=O)NCC1(c2ccccc2)CCOCC1. The lowest BCUT2D eigenvalue weighted by Crippen LogP contribution is -2.48. The van der Waals surface area contributed by atoms with Gasteiger partial charge in [0.25, 0.3) is 0 Å². The van der Waals surface area contributed by atoms with Crippen molar-refractivity contribution in [2.75, 3.05) is 26.3 Å². The fraction of sp³-hybridized carbons (Fsp3) is 0.556. The monoisotopic (exact) mass is 318 g/mol. The van der Waals surface area contributed by atoms with Crippen LogP contribution in [0.25, 0.3) is 0 Å². The Balaban J connectivity index is 1.96. The van der Waals surface area contributed by atoms with Crippen molar-refractivity contribution in [3.8, 4) is 0 Å². The van der Waals surface area contributed by atoms with Crippen molar-refractivity contribution in [1.82, 2.24) is 10.6 Å². The third-order valence-corrected chi connectivity index (χ3v) is 4.45. The van der Waals surface area contributed by atoms with Gasteiger partial charge in [-0.1, -0.05) is 43.7 Å². The van der Waals surface area contributed by atoms with Gasteiger partial charge < -0.3 is 15.4 Å². The Morgan fingerprint density at radius 2 is 1.74 bits per heavy atom. The molecule has 0 saturated carbocycles. The third-order valence-electron chi connectivity index (χ3n) is 4.45. The molecular formula is C18H26N2O3. The topological polar surface area (TPSA) is 67.4 Å². The van der Waals surface area contributed by atoms with Gasteiger partial charge in [0.2, 0.25) is 0 Å². The Kier molecular flexibility index (Phi) is 6.59. The van der Waals surface area contributed by atoms with E-state index in [-0.39, 0.29) is 5.41 Å². The molecule has 0 bridgehead atoms. The van der Waals surface area contributed by atoms with E-state index in [4.69, 9.17) is 4.74 Å². The molecule has 1 fully saturated rings. The highest BCUT2D eigenvalue weighted by Gasteiger charge is 2.35. The molecule has 2 rings (SSSR count). The van der Waals surface area contributed by atoms with Crippen molar-refractivity contribution in [2.45, 2.75) is 38.0 Å². The molecule has 0 atom stereocenters. The molecule has 23 heavy (non-hydrogen) atoms. The van der Waals surface area contributed by atoms with Crippen LogP contribution in [0.2, 0.25) is 0 Å². The van der Waals surface area contributed by atoms with Gasteiger partial charge in [-0.2, -0.15) is 0 Å². The number of carbonyl (C=O) groups is 2. The van der Waals surface area contributed by atoms with Crippen LogP contribution in [0.15, 0.2) is 30.3 Å². The molecule has 1 aliphatic heterocycles. The molecule has 0 spiro atoms. The molecule has 0 aromatic heterocycles. The lowest BCUT2D eigenvalue weighted by Gasteiger charge is -2.37. The molecule has 5 nitrogen and oxygen atoms in total. The van der Waals surface area contributed by atoms with Gasteiger partial charge in [0.1, 0.15) is 0 Å². The van der Waals surface area contributed by atoms with Gasteiger partial charge in [-0.3, -0.25) is 9.59 Å². The highest BCUT2D eigenvalue weighted by Crippen LogP contribution is 2.34. The number of nitrogens with one attached hydrogen (secondary N) is 2. The molecule has 1 aliphatic rings. The first-order chi connectivity index (χ1) is 11.2. The Labute approximate surface area is 137 Å². The maximum atomic E-state index is 12.0. The number of carbonyl (C=O) groups excluding carboxylic acids is 2.